The van der Waals surface area contributed by atoms with Gasteiger partial charge in [0.05, 0.1) is 12.6 Å². The number of carbonyl (C=O) groups excluding carboxylic acids is 1. The summed E-state index contributed by atoms with van der Waals surface area (Å²) in [6.07, 6.45) is 4.57. The molecule has 3 rings (SSSR count). The van der Waals surface area contributed by atoms with E-state index in [1.54, 1.807) is 0 Å². The highest BCUT2D eigenvalue weighted by atomic mass is 16.3. The Morgan fingerprint density at radius 3 is 2.95 bits per heavy atom. The standard InChI is InChI=1S/C15H18N2O2/c18-9-12(17-15(19)10-5-6-10)7-11-8-16-14-4-2-1-3-13(11)14/h1-4,8,10,12,16,18H,5-7,9H2,(H,17,19). The summed E-state index contributed by atoms with van der Waals surface area (Å²) in [6, 6.07) is 7.86. The highest BCUT2D eigenvalue weighted by molar-refractivity contribution is 5.83. The first kappa shape index (κ1) is 12.2. The zero-order chi connectivity index (χ0) is 13.2. The Hall–Kier alpha value is -1.81. The molecule has 19 heavy (non-hydrogen) atoms. The number of hydrogen-bond donors (Lipinski definition) is 3. The van der Waals surface area contributed by atoms with Crippen molar-refractivity contribution in [3.63, 3.8) is 0 Å². The Balaban J connectivity index is 1.72. The molecule has 100 valence electrons. The Morgan fingerprint density at radius 1 is 1.42 bits per heavy atom. The van der Waals surface area contributed by atoms with Gasteiger partial charge in [0, 0.05) is 23.0 Å². The summed E-state index contributed by atoms with van der Waals surface area (Å²) in [7, 11) is 0. The monoisotopic (exact) mass is 258 g/mol. The van der Waals surface area contributed by atoms with Crippen LogP contribution in [0.5, 0.6) is 0 Å². The summed E-state index contributed by atoms with van der Waals surface area (Å²) in [6.45, 7) is -0.0298. The van der Waals surface area contributed by atoms with Crippen molar-refractivity contribution in [1.29, 1.82) is 0 Å². The third kappa shape index (κ3) is 2.63. The molecule has 4 nitrogen and oxygen atoms in total. The van der Waals surface area contributed by atoms with E-state index < -0.39 is 0 Å². The lowest BCUT2D eigenvalue weighted by atomic mass is 10.1. The molecular weight excluding hydrogens is 240 g/mol. The molecule has 0 saturated heterocycles. The first-order valence-corrected chi connectivity index (χ1v) is 6.74. The number of benzene rings is 1. The lowest BCUT2D eigenvalue weighted by Gasteiger charge is -2.15. The molecule has 3 N–H and O–H groups in total. The number of aliphatic hydroxyl groups is 1. The van der Waals surface area contributed by atoms with Gasteiger partial charge in [-0.3, -0.25) is 4.79 Å². The van der Waals surface area contributed by atoms with Crippen molar-refractivity contribution in [2.75, 3.05) is 6.61 Å². The second-order valence-electron chi connectivity index (χ2n) is 5.23. The molecule has 1 aliphatic rings. The second kappa shape index (κ2) is 5.05. The minimum Gasteiger partial charge on any atom is -0.394 e. The van der Waals surface area contributed by atoms with Gasteiger partial charge in [-0.25, -0.2) is 0 Å². The van der Waals surface area contributed by atoms with Gasteiger partial charge in [-0.15, -0.1) is 0 Å². The summed E-state index contributed by atoms with van der Waals surface area (Å²) >= 11 is 0. The van der Waals surface area contributed by atoms with Crippen LogP contribution in [0.4, 0.5) is 0 Å². The molecule has 1 atom stereocenters. The number of nitrogens with one attached hydrogen (secondary N) is 2. The molecule has 1 amide bonds. The molecule has 1 aromatic heterocycles. The van der Waals surface area contributed by atoms with Crippen LogP contribution < -0.4 is 5.32 Å². The van der Waals surface area contributed by atoms with Crippen LogP contribution in [0.15, 0.2) is 30.5 Å². The zero-order valence-electron chi connectivity index (χ0n) is 10.7. The fourth-order valence-electron chi connectivity index (χ4n) is 2.39. The van der Waals surface area contributed by atoms with Crippen molar-refractivity contribution >= 4 is 16.8 Å². The fourth-order valence-corrected chi connectivity index (χ4v) is 2.39. The predicted molar refractivity (Wildman–Crippen MR) is 73.7 cm³/mol. The highest BCUT2D eigenvalue weighted by Gasteiger charge is 2.30. The highest BCUT2D eigenvalue weighted by Crippen LogP contribution is 2.29. The van der Waals surface area contributed by atoms with Crippen molar-refractivity contribution in [1.82, 2.24) is 10.3 Å². The van der Waals surface area contributed by atoms with Gasteiger partial charge in [-0.1, -0.05) is 18.2 Å². The van der Waals surface area contributed by atoms with E-state index in [4.69, 9.17) is 0 Å². The molecule has 4 heteroatoms. The Kier molecular flexibility index (Phi) is 3.25. The maximum absolute atomic E-state index is 11.7. The van der Waals surface area contributed by atoms with Crippen LogP contribution in [0.3, 0.4) is 0 Å². The number of aromatic nitrogens is 1. The summed E-state index contributed by atoms with van der Waals surface area (Å²) in [5.74, 6) is 0.260. The Morgan fingerprint density at radius 2 is 2.21 bits per heavy atom. The van der Waals surface area contributed by atoms with E-state index in [0.29, 0.717) is 6.42 Å². The van der Waals surface area contributed by atoms with Gasteiger partial charge in [-0.2, -0.15) is 0 Å². The average Bonchev–Trinajstić information content (AvgIpc) is 3.21. The largest absolute Gasteiger partial charge is 0.394 e. The molecule has 0 radical (unpaired) electrons. The van der Waals surface area contributed by atoms with Gasteiger partial charge >= 0.3 is 0 Å². The molecular formula is C15H18N2O2. The van der Waals surface area contributed by atoms with E-state index in [2.05, 4.69) is 16.4 Å². The van der Waals surface area contributed by atoms with Crippen LogP contribution in [0.2, 0.25) is 0 Å². The first-order chi connectivity index (χ1) is 9.28. The number of para-hydroxylation sites is 1. The van der Waals surface area contributed by atoms with Crippen molar-refractivity contribution in [3.05, 3.63) is 36.0 Å². The van der Waals surface area contributed by atoms with E-state index in [1.165, 1.54) is 0 Å². The number of aliphatic hydroxyl groups excluding tert-OH is 1. The fraction of sp³-hybridized carbons (Fsp3) is 0.400. The van der Waals surface area contributed by atoms with E-state index in [-0.39, 0.29) is 24.5 Å². The number of H-pyrrole nitrogens is 1. The van der Waals surface area contributed by atoms with Crippen LogP contribution in [0.1, 0.15) is 18.4 Å². The third-order valence-corrected chi connectivity index (χ3v) is 3.66. The third-order valence-electron chi connectivity index (χ3n) is 3.66. The lowest BCUT2D eigenvalue weighted by Crippen LogP contribution is -2.39. The zero-order valence-corrected chi connectivity index (χ0v) is 10.7. The molecule has 0 bridgehead atoms. The van der Waals surface area contributed by atoms with Crippen LogP contribution in [0, 0.1) is 5.92 Å². The predicted octanol–water partition coefficient (Wildman–Crippen LogP) is 1.60. The minimum absolute atomic E-state index is 0.0298. The van der Waals surface area contributed by atoms with Gasteiger partial charge in [0.15, 0.2) is 0 Å². The van der Waals surface area contributed by atoms with Crippen molar-refractivity contribution in [2.45, 2.75) is 25.3 Å². The molecule has 1 aromatic carbocycles. The summed E-state index contributed by atoms with van der Waals surface area (Å²) < 4.78 is 0. The summed E-state index contributed by atoms with van der Waals surface area (Å²) in [4.78, 5) is 14.9. The quantitative estimate of drug-likeness (QED) is 0.762. The normalized spacial score (nSPS) is 16.5. The molecule has 1 aliphatic carbocycles. The maximum atomic E-state index is 11.7. The van der Waals surface area contributed by atoms with Gasteiger partial charge < -0.3 is 15.4 Å². The van der Waals surface area contributed by atoms with E-state index in [1.807, 2.05) is 24.4 Å². The van der Waals surface area contributed by atoms with Gasteiger partial charge in [0.2, 0.25) is 5.91 Å². The summed E-state index contributed by atoms with van der Waals surface area (Å²) in [5.41, 5.74) is 2.22. The second-order valence-corrected chi connectivity index (χ2v) is 5.23. The van der Waals surface area contributed by atoms with Gasteiger partial charge in [0.1, 0.15) is 0 Å². The number of rotatable bonds is 5. The van der Waals surface area contributed by atoms with Crippen molar-refractivity contribution in [3.8, 4) is 0 Å². The van der Waals surface area contributed by atoms with Crippen molar-refractivity contribution in [2.24, 2.45) is 5.92 Å². The SMILES string of the molecule is O=C(NC(CO)Cc1c[nH]c2ccccc12)C1CC1. The van der Waals surface area contributed by atoms with Crippen LogP contribution in [-0.4, -0.2) is 28.6 Å². The molecule has 1 heterocycles. The molecule has 1 unspecified atom stereocenters. The van der Waals surface area contributed by atoms with Crippen LogP contribution >= 0.6 is 0 Å². The Labute approximate surface area is 111 Å². The van der Waals surface area contributed by atoms with Crippen LogP contribution in [0.25, 0.3) is 10.9 Å². The van der Waals surface area contributed by atoms with E-state index in [9.17, 15) is 9.90 Å². The smallest absolute Gasteiger partial charge is 0.223 e. The number of hydrogen-bond acceptors (Lipinski definition) is 2. The first-order valence-electron chi connectivity index (χ1n) is 6.74. The lowest BCUT2D eigenvalue weighted by molar-refractivity contribution is -0.123. The van der Waals surface area contributed by atoms with Gasteiger partial charge in [0.25, 0.3) is 0 Å². The number of aromatic amines is 1. The van der Waals surface area contributed by atoms with Gasteiger partial charge in [-0.05, 0) is 30.9 Å². The topological polar surface area (TPSA) is 65.1 Å². The maximum Gasteiger partial charge on any atom is 0.223 e. The summed E-state index contributed by atoms with van der Waals surface area (Å²) in [5, 5.41) is 13.5. The minimum atomic E-state index is -0.202. The number of amides is 1. The van der Waals surface area contributed by atoms with E-state index >= 15 is 0 Å². The van der Waals surface area contributed by atoms with Crippen LogP contribution in [-0.2, 0) is 11.2 Å². The molecule has 1 saturated carbocycles. The molecule has 0 aliphatic heterocycles. The Bertz CT molecular complexity index is 587. The average molecular weight is 258 g/mol. The number of carbonyl (C=O) groups is 1. The molecule has 0 spiro atoms. The van der Waals surface area contributed by atoms with Crippen molar-refractivity contribution < 1.29 is 9.90 Å². The number of fused-ring (bicyclic) bond motifs is 1. The molecule has 2 aromatic rings. The molecule has 1 fully saturated rings. The van der Waals surface area contributed by atoms with E-state index in [0.717, 1.165) is 29.3 Å².